The molecule has 0 fully saturated rings. The fraction of sp³-hybridized carbons (Fsp3) is 0.0870. The third-order valence-electron chi connectivity index (χ3n) is 11.0. The molecule has 2 nitrogen and oxygen atoms in total. The number of nitrogens with zero attached hydrogens (tertiary/aromatic N) is 1. The molecule has 0 amide bonds. The van der Waals surface area contributed by atoms with E-state index < -0.39 is 7.14 Å². The highest BCUT2D eigenvalue weighted by molar-refractivity contribution is 7.85. The van der Waals surface area contributed by atoms with Crippen LogP contribution in [0, 0.1) is 0 Å². The second kappa shape index (κ2) is 10.3. The van der Waals surface area contributed by atoms with E-state index in [2.05, 4.69) is 109 Å². The predicted molar refractivity (Wildman–Crippen MR) is 208 cm³/mol. The van der Waals surface area contributed by atoms with Crippen molar-refractivity contribution in [2.24, 2.45) is 0 Å². The van der Waals surface area contributed by atoms with E-state index in [1.807, 2.05) is 66.7 Å². The minimum Gasteiger partial charge on any atom is -0.309 e. The molecular formula is C46H34NOP. The van der Waals surface area contributed by atoms with Crippen LogP contribution in [0.1, 0.15) is 36.1 Å². The molecule has 0 saturated carbocycles. The molecule has 0 unspecified atom stereocenters. The number of hydrogen-bond acceptors (Lipinski definition) is 1. The smallest absolute Gasteiger partial charge is 0.171 e. The topological polar surface area (TPSA) is 22.0 Å². The lowest BCUT2D eigenvalue weighted by Crippen LogP contribution is -2.25. The SMILES string of the molecule is CC1(C)c2ccccc2-c2cc3c4c(c5c(cc4c21)c1ccccc1n5-c1cccc(P(=O)(c2ccccc2)c2ccccc2)c1)C=CC3. The van der Waals surface area contributed by atoms with Gasteiger partial charge in [0.25, 0.3) is 0 Å². The summed E-state index contributed by atoms with van der Waals surface area (Å²) in [6, 6.07) is 51.0. The lowest BCUT2D eigenvalue weighted by molar-refractivity contribution is 0.592. The van der Waals surface area contributed by atoms with Crippen molar-refractivity contribution >= 4 is 61.7 Å². The Morgan fingerprint density at radius 2 is 1.29 bits per heavy atom. The van der Waals surface area contributed by atoms with Crippen molar-refractivity contribution in [2.75, 3.05) is 0 Å². The Bertz CT molecular complexity index is 2690. The van der Waals surface area contributed by atoms with Gasteiger partial charge in [-0.3, -0.25) is 0 Å². The first-order chi connectivity index (χ1) is 24.0. The van der Waals surface area contributed by atoms with Gasteiger partial charge in [0.15, 0.2) is 7.14 Å². The van der Waals surface area contributed by atoms with Crippen molar-refractivity contribution in [3.05, 3.63) is 174 Å². The number of fused-ring (bicyclic) bond motifs is 8. The van der Waals surface area contributed by atoms with E-state index in [0.717, 1.165) is 33.5 Å². The lowest BCUT2D eigenvalue weighted by atomic mass is 9.78. The number of aromatic nitrogens is 1. The zero-order chi connectivity index (χ0) is 32.9. The van der Waals surface area contributed by atoms with E-state index in [-0.39, 0.29) is 5.41 Å². The highest BCUT2D eigenvalue weighted by Gasteiger charge is 2.38. The van der Waals surface area contributed by atoms with E-state index >= 15 is 4.57 Å². The summed E-state index contributed by atoms with van der Waals surface area (Å²) in [6.07, 6.45) is 5.58. The first kappa shape index (κ1) is 28.6. The Morgan fingerprint density at radius 1 is 0.612 bits per heavy atom. The van der Waals surface area contributed by atoms with Crippen molar-refractivity contribution in [1.29, 1.82) is 0 Å². The first-order valence-electron chi connectivity index (χ1n) is 17.1. The Hall–Kier alpha value is -5.43. The van der Waals surface area contributed by atoms with Crippen LogP contribution in [0.25, 0.3) is 55.5 Å². The van der Waals surface area contributed by atoms with Crippen molar-refractivity contribution in [2.45, 2.75) is 25.7 Å². The Kier molecular flexibility index (Phi) is 6.00. The summed E-state index contributed by atoms with van der Waals surface area (Å²) in [5, 5.41) is 7.69. The van der Waals surface area contributed by atoms with Gasteiger partial charge in [-0.1, -0.05) is 141 Å². The average Bonchev–Trinajstić information content (AvgIpc) is 3.61. The molecule has 2 aliphatic rings. The molecule has 2 aliphatic carbocycles. The Morgan fingerprint density at radius 3 is 2.06 bits per heavy atom. The van der Waals surface area contributed by atoms with Crippen molar-refractivity contribution in [3.63, 3.8) is 0 Å². The minimum absolute atomic E-state index is 0.112. The summed E-state index contributed by atoms with van der Waals surface area (Å²) in [4.78, 5) is 0. The number of benzene rings is 7. The lowest BCUT2D eigenvalue weighted by Gasteiger charge is -2.26. The van der Waals surface area contributed by atoms with E-state index in [1.54, 1.807) is 0 Å². The van der Waals surface area contributed by atoms with Gasteiger partial charge >= 0.3 is 0 Å². The summed E-state index contributed by atoms with van der Waals surface area (Å²) in [5.41, 5.74) is 11.5. The molecule has 0 spiro atoms. The van der Waals surface area contributed by atoms with Gasteiger partial charge in [0.2, 0.25) is 0 Å². The number of allylic oxidation sites excluding steroid dienone is 1. The van der Waals surface area contributed by atoms with Crippen molar-refractivity contribution in [3.8, 4) is 16.8 Å². The van der Waals surface area contributed by atoms with Gasteiger partial charge in [-0.2, -0.15) is 0 Å². The van der Waals surface area contributed by atoms with Gasteiger partial charge in [-0.15, -0.1) is 0 Å². The van der Waals surface area contributed by atoms with Crippen LogP contribution < -0.4 is 15.9 Å². The van der Waals surface area contributed by atoms with Crippen LogP contribution in [0.3, 0.4) is 0 Å². The molecule has 0 saturated heterocycles. The molecule has 8 aromatic rings. The number of hydrogen-bond donors (Lipinski definition) is 0. The van der Waals surface area contributed by atoms with Crippen LogP contribution in [0.5, 0.6) is 0 Å². The van der Waals surface area contributed by atoms with E-state index in [1.165, 1.54) is 60.4 Å². The zero-order valence-corrected chi connectivity index (χ0v) is 28.4. The molecule has 1 aromatic heterocycles. The highest BCUT2D eigenvalue weighted by Crippen LogP contribution is 2.54. The maximum Gasteiger partial charge on any atom is 0.171 e. The third kappa shape index (κ3) is 3.87. The average molecular weight is 648 g/mol. The number of para-hydroxylation sites is 1. The summed E-state index contributed by atoms with van der Waals surface area (Å²) >= 11 is 0. The number of rotatable bonds is 4. The molecule has 7 aromatic carbocycles. The Balaban J connectivity index is 1.30. The fourth-order valence-electron chi connectivity index (χ4n) is 8.89. The molecule has 1 heterocycles. The molecule has 0 atom stereocenters. The van der Waals surface area contributed by atoms with Gasteiger partial charge in [-0.25, -0.2) is 0 Å². The van der Waals surface area contributed by atoms with Crippen molar-refractivity contribution < 1.29 is 4.57 Å². The van der Waals surface area contributed by atoms with Gasteiger partial charge in [0, 0.05) is 43.4 Å². The van der Waals surface area contributed by atoms with E-state index in [4.69, 9.17) is 0 Å². The summed E-state index contributed by atoms with van der Waals surface area (Å²) in [7, 11) is -3.16. The molecule has 49 heavy (non-hydrogen) atoms. The van der Waals surface area contributed by atoms with Gasteiger partial charge in [-0.05, 0) is 75.3 Å². The third-order valence-corrected chi connectivity index (χ3v) is 14.1. The summed E-state index contributed by atoms with van der Waals surface area (Å²) in [6.45, 7) is 4.77. The highest BCUT2D eigenvalue weighted by atomic mass is 31.2. The normalized spacial score (nSPS) is 14.4. The maximum atomic E-state index is 15.5. The molecule has 0 bridgehead atoms. The quantitative estimate of drug-likeness (QED) is 0.174. The molecule has 0 N–H and O–H groups in total. The molecule has 10 rings (SSSR count). The van der Waals surface area contributed by atoms with Crippen LogP contribution in [0.2, 0.25) is 0 Å². The van der Waals surface area contributed by atoms with Crippen LogP contribution in [0.15, 0.2) is 152 Å². The van der Waals surface area contributed by atoms with Gasteiger partial charge < -0.3 is 9.13 Å². The van der Waals surface area contributed by atoms with Crippen LogP contribution in [0.4, 0.5) is 0 Å². The first-order valence-corrected chi connectivity index (χ1v) is 18.8. The summed E-state index contributed by atoms with van der Waals surface area (Å²) < 4.78 is 17.9. The molecule has 3 heteroatoms. The second-order valence-electron chi connectivity index (χ2n) is 14.0. The molecule has 0 aliphatic heterocycles. The zero-order valence-electron chi connectivity index (χ0n) is 27.5. The minimum atomic E-state index is -3.16. The molecular weight excluding hydrogens is 613 g/mol. The van der Waals surface area contributed by atoms with E-state index in [0.29, 0.717) is 0 Å². The van der Waals surface area contributed by atoms with Crippen LogP contribution >= 0.6 is 7.14 Å². The Labute approximate surface area is 286 Å². The standard InChI is InChI=1S/C46H34NOP/c1-46(2)41-25-11-9-22-35(41)38-27-30-15-13-24-37-43(30)40(44(38)46)29-39-36-23-10-12-26-42(36)47(45(37)39)31-16-14-21-34(28-31)49(48,32-17-5-3-6-18-32)33-19-7-4-8-20-33/h3-14,16-29H,15H2,1-2H3. The van der Waals surface area contributed by atoms with Crippen LogP contribution in [-0.4, -0.2) is 4.57 Å². The fourth-order valence-corrected chi connectivity index (χ4v) is 11.6. The van der Waals surface area contributed by atoms with Crippen molar-refractivity contribution in [1.82, 2.24) is 4.57 Å². The molecule has 0 radical (unpaired) electrons. The maximum absolute atomic E-state index is 15.5. The van der Waals surface area contributed by atoms with E-state index in [9.17, 15) is 0 Å². The monoisotopic (exact) mass is 647 g/mol. The molecule has 234 valence electrons. The largest absolute Gasteiger partial charge is 0.309 e. The van der Waals surface area contributed by atoms with Gasteiger partial charge in [0.1, 0.15) is 0 Å². The predicted octanol–water partition coefficient (Wildman–Crippen LogP) is 10.5. The summed E-state index contributed by atoms with van der Waals surface area (Å²) in [5.74, 6) is 0. The second-order valence-corrected chi connectivity index (χ2v) is 16.8. The van der Waals surface area contributed by atoms with Crippen LogP contribution in [-0.2, 0) is 16.4 Å². The van der Waals surface area contributed by atoms with Gasteiger partial charge in [0.05, 0.1) is 11.0 Å².